The van der Waals surface area contributed by atoms with Crippen molar-refractivity contribution in [2.45, 2.75) is 26.4 Å². The van der Waals surface area contributed by atoms with Gasteiger partial charge in [0, 0.05) is 10.5 Å². The molecular formula is C14H16BrNO. The van der Waals surface area contributed by atoms with Crippen LogP contribution in [-0.2, 0) is 6.54 Å². The molecule has 2 nitrogen and oxygen atoms in total. The van der Waals surface area contributed by atoms with Crippen LogP contribution in [0, 0.1) is 6.92 Å². The van der Waals surface area contributed by atoms with Gasteiger partial charge in [0.1, 0.15) is 11.5 Å². The van der Waals surface area contributed by atoms with E-state index in [1.807, 2.05) is 25.1 Å². The van der Waals surface area contributed by atoms with E-state index in [4.69, 9.17) is 4.42 Å². The van der Waals surface area contributed by atoms with E-state index in [0.29, 0.717) is 0 Å². The summed E-state index contributed by atoms with van der Waals surface area (Å²) in [5, 5.41) is 3.45. The first-order chi connectivity index (χ1) is 8.16. The van der Waals surface area contributed by atoms with E-state index in [-0.39, 0.29) is 6.04 Å². The lowest BCUT2D eigenvalue weighted by Crippen LogP contribution is -2.18. The maximum atomic E-state index is 5.53. The molecule has 1 atom stereocenters. The third kappa shape index (κ3) is 3.20. The standard InChI is InChI=1S/C14H16BrNO/c1-10-7-8-12(17-10)9-16-11(2)13-5-3-4-6-14(13)15/h3-8,11,16H,9H2,1-2H3/t11-/m1/s1. The van der Waals surface area contributed by atoms with Gasteiger partial charge in [-0.15, -0.1) is 0 Å². The molecule has 2 rings (SSSR count). The van der Waals surface area contributed by atoms with Crippen molar-refractivity contribution in [1.29, 1.82) is 0 Å². The highest BCUT2D eigenvalue weighted by atomic mass is 79.9. The summed E-state index contributed by atoms with van der Waals surface area (Å²) in [5.74, 6) is 1.93. The second kappa shape index (κ2) is 5.52. The minimum Gasteiger partial charge on any atom is -0.465 e. The van der Waals surface area contributed by atoms with Crippen LogP contribution in [0.4, 0.5) is 0 Å². The number of hydrogen-bond acceptors (Lipinski definition) is 2. The molecule has 90 valence electrons. The summed E-state index contributed by atoms with van der Waals surface area (Å²) in [7, 11) is 0. The van der Waals surface area contributed by atoms with E-state index < -0.39 is 0 Å². The van der Waals surface area contributed by atoms with Crippen molar-refractivity contribution in [3.63, 3.8) is 0 Å². The van der Waals surface area contributed by atoms with Crippen LogP contribution in [0.3, 0.4) is 0 Å². The summed E-state index contributed by atoms with van der Waals surface area (Å²) >= 11 is 3.56. The van der Waals surface area contributed by atoms with Crippen molar-refractivity contribution >= 4 is 15.9 Å². The second-order valence-electron chi connectivity index (χ2n) is 4.14. The SMILES string of the molecule is Cc1ccc(CN[C@H](C)c2ccccc2Br)o1. The first kappa shape index (κ1) is 12.4. The Morgan fingerprint density at radius 1 is 1.24 bits per heavy atom. The molecule has 0 aliphatic rings. The van der Waals surface area contributed by atoms with Crippen molar-refractivity contribution < 1.29 is 4.42 Å². The lowest BCUT2D eigenvalue weighted by atomic mass is 10.1. The van der Waals surface area contributed by atoms with Crippen molar-refractivity contribution in [3.8, 4) is 0 Å². The van der Waals surface area contributed by atoms with Crippen LogP contribution in [-0.4, -0.2) is 0 Å². The number of rotatable bonds is 4. The summed E-state index contributed by atoms with van der Waals surface area (Å²) < 4.78 is 6.66. The topological polar surface area (TPSA) is 25.2 Å². The highest BCUT2D eigenvalue weighted by Gasteiger charge is 2.08. The Kier molecular flexibility index (Phi) is 4.02. The molecule has 1 aromatic heterocycles. The van der Waals surface area contributed by atoms with E-state index in [2.05, 4.69) is 46.4 Å². The highest BCUT2D eigenvalue weighted by Crippen LogP contribution is 2.23. The van der Waals surface area contributed by atoms with E-state index in [1.165, 1.54) is 5.56 Å². The van der Waals surface area contributed by atoms with E-state index in [1.54, 1.807) is 0 Å². The maximum absolute atomic E-state index is 5.53. The van der Waals surface area contributed by atoms with E-state index in [0.717, 1.165) is 22.5 Å². The van der Waals surface area contributed by atoms with Gasteiger partial charge in [-0.3, -0.25) is 0 Å². The molecule has 0 aliphatic heterocycles. The summed E-state index contributed by atoms with van der Waals surface area (Å²) in [6, 6.07) is 12.5. The van der Waals surface area contributed by atoms with Crippen LogP contribution in [0.25, 0.3) is 0 Å². The average molecular weight is 294 g/mol. The Labute approximate surface area is 110 Å². The molecule has 0 spiro atoms. The zero-order valence-corrected chi connectivity index (χ0v) is 11.6. The third-order valence-corrected chi connectivity index (χ3v) is 3.47. The fourth-order valence-corrected chi connectivity index (χ4v) is 2.40. The van der Waals surface area contributed by atoms with E-state index in [9.17, 15) is 0 Å². The summed E-state index contributed by atoms with van der Waals surface area (Å²) in [4.78, 5) is 0. The average Bonchev–Trinajstić information content (AvgIpc) is 2.73. The first-order valence-electron chi connectivity index (χ1n) is 5.70. The van der Waals surface area contributed by atoms with Crippen LogP contribution in [0.2, 0.25) is 0 Å². The van der Waals surface area contributed by atoms with Gasteiger partial charge in [0.15, 0.2) is 0 Å². The van der Waals surface area contributed by atoms with Crippen LogP contribution in [0.5, 0.6) is 0 Å². The summed E-state index contributed by atoms with van der Waals surface area (Å²) in [6.07, 6.45) is 0. The van der Waals surface area contributed by atoms with Crippen molar-refractivity contribution in [2.75, 3.05) is 0 Å². The van der Waals surface area contributed by atoms with Gasteiger partial charge in [0.2, 0.25) is 0 Å². The largest absolute Gasteiger partial charge is 0.465 e. The Bertz CT molecular complexity index is 492. The molecular weight excluding hydrogens is 278 g/mol. The minimum atomic E-state index is 0.288. The Balaban J connectivity index is 1.98. The third-order valence-electron chi connectivity index (χ3n) is 2.75. The summed E-state index contributed by atoms with van der Waals surface area (Å²) in [6.45, 7) is 4.85. The number of halogens is 1. The van der Waals surface area contributed by atoms with Gasteiger partial charge in [-0.25, -0.2) is 0 Å². The molecule has 1 aromatic carbocycles. The highest BCUT2D eigenvalue weighted by molar-refractivity contribution is 9.10. The zero-order chi connectivity index (χ0) is 12.3. The monoisotopic (exact) mass is 293 g/mol. The molecule has 1 heterocycles. The molecule has 1 N–H and O–H groups in total. The molecule has 0 aliphatic carbocycles. The second-order valence-corrected chi connectivity index (χ2v) is 4.99. The molecule has 0 bridgehead atoms. The Hall–Kier alpha value is -1.06. The molecule has 0 saturated carbocycles. The van der Waals surface area contributed by atoms with Crippen molar-refractivity contribution in [1.82, 2.24) is 5.32 Å². The van der Waals surface area contributed by atoms with Crippen molar-refractivity contribution in [3.05, 3.63) is 58.0 Å². The molecule has 0 radical (unpaired) electrons. The fraction of sp³-hybridized carbons (Fsp3) is 0.286. The lowest BCUT2D eigenvalue weighted by molar-refractivity contribution is 0.444. The van der Waals surface area contributed by atoms with Gasteiger partial charge in [-0.2, -0.15) is 0 Å². The van der Waals surface area contributed by atoms with Gasteiger partial charge in [0.25, 0.3) is 0 Å². The predicted molar refractivity (Wildman–Crippen MR) is 72.8 cm³/mol. The quantitative estimate of drug-likeness (QED) is 0.914. The van der Waals surface area contributed by atoms with E-state index >= 15 is 0 Å². The predicted octanol–water partition coefficient (Wildman–Crippen LogP) is 4.20. The van der Waals surface area contributed by atoms with Crippen LogP contribution in [0.15, 0.2) is 45.3 Å². The van der Waals surface area contributed by atoms with Gasteiger partial charge >= 0.3 is 0 Å². The number of benzene rings is 1. The molecule has 3 heteroatoms. The molecule has 0 saturated heterocycles. The van der Waals surface area contributed by atoms with Crippen molar-refractivity contribution in [2.24, 2.45) is 0 Å². The fourth-order valence-electron chi connectivity index (χ4n) is 1.77. The molecule has 17 heavy (non-hydrogen) atoms. The molecule has 0 amide bonds. The number of aryl methyl sites for hydroxylation is 1. The van der Waals surface area contributed by atoms with Crippen LogP contribution in [0.1, 0.15) is 30.0 Å². The number of nitrogens with one attached hydrogen (secondary N) is 1. The van der Waals surface area contributed by atoms with Gasteiger partial charge < -0.3 is 9.73 Å². The zero-order valence-electron chi connectivity index (χ0n) is 10.0. The molecule has 2 aromatic rings. The van der Waals surface area contributed by atoms with Gasteiger partial charge in [0.05, 0.1) is 6.54 Å². The normalized spacial score (nSPS) is 12.6. The smallest absolute Gasteiger partial charge is 0.117 e. The number of furan rings is 1. The van der Waals surface area contributed by atoms with Crippen LogP contribution < -0.4 is 5.32 Å². The lowest BCUT2D eigenvalue weighted by Gasteiger charge is -2.14. The molecule has 0 fully saturated rings. The van der Waals surface area contributed by atoms with Crippen LogP contribution >= 0.6 is 15.9 Å². The van der Waals surface area contributed by atoms with Gasteiger partial charge in [-0.05, 0) is 37.6 Å². The first-order valence-corrected chi connectivity index (χ1v) is 6.49. The Morgan fingerprint density at radius 3 is 2.65 bits per heavy atom. The van der Waals surface area contributed by atoms with Gasteiger partial charge in [-0.1, -0.05) is 34.1 Å². The maximum Gasteiger partial charge on any atom is 0.117 e. The molecule has 0 unspecified atom stereocenters. The minimum absolute atomic E-state index is 0.288. The summed E-state index contributed by atoms with van der Waals surface area (Å²) in [5.41, 5.74) is 1.26. The number of hydrogen-bond donors (Lipinski definition) is 1. The Morgan fingerprint density at radius 2 is 2.00 bits per heavy atom.